The number of rotatable bonds is 3. The van der Waals surface area contributed by atoms with Gasteiger partial charge in [-0.3, -0.25) is 4.79 Å². The Morgan fingerprint density at radius 1 is 1.24 bits per heavy atom. The summed E-state index contributed by atoms with van der Waals surface area (Å²) in [5, 5.41) is 12.8. The quantitative estimate of drug-likeness (QED) is 0.825. The third kappa shape index (κ3) is 3.31. The van der Waals surface area contributed by atoms with Crippen LogP contribution in [0.15, 0.2) is 46.8 Å². The number of phenolic OH excluding ortho intramolecular Hbond substituents is 1. The number of Topliss-reactive ketones (excluding diaryl/α,β-unsaturated/α-hetero) is 1. The molecule has 2 N–H and O–H groups in total. The van der Waals surface area contributed by atoms with Crippen LogP contribution in [0.2, 0.25) is 0 Å². The van der Waals surface area contributed by atoms with Gasteiger partial charge in [-0.1, -0.05) is 12.1 Å². The maximum atomic E-state index is 12.7. The van der Waals surface area contributed by atoms with Crippen molar-refractivity contribution in [3.63, 3.8) is 0 Å². The largest absolute Gasteiger partial charge is 0.508 e. The zero-order valence-electron chi connectivity index (χ0n) is 14.8. The zero-order chi connectivity index (χ0) is 18.1. The maximum absolute atomic E-state index is 12.7. The summed E-state index contributed by atoms with van der Waals surface area (Å²) in [5.41, 5.74) is 3.54. The third-order valence-electron chi connectivity index (χ3n) is 4.56. The van der Waals surface area contributed by atoms with Crippen molar-refractivity contribution in [1.29, 1.82) is 0 Å². The predicted molar refractivity (Wildman–Crippen MR) is 93.8 cm³/mol. The van der Waals surface area contributed by atoms with Crippen molar-refractivity contribution >= 4 is 11.8 Å². The number of hydrogen-bond acceptors (Lipinski definition) is 5. The van der Waals surface area contributed by atoms with E-state index in [-0.39, 0.29) is 17.6 Å². The Morgan fingerprint density at radius 3 is 2.56 bits per heavy atom. The maximum Gasteiger partial charge on any atom is 0.337 e. The van der Waals surface area contributed by atoms with Gasteiger partial charge in [-0.15, -0.1) is 0 Å². The first-order valence-corrected chi connectivity index (χ1v) is 8.62. The molecule has 0 spiro atoms. The molecule has 5 nitrogen and oxygen atoms in total. The minimum atomic E-state index is -0.462. The summed E-state index contributed by atoms with van der Waals surface area (Å²) in [6.45, 7) is 5.44. The summed E-state index contributed by atoms with van der Waals surface area (Å²) in [6.07, 6.45) is 1.84. The number of aromatic hydroxyl groups is 1. The summed E-state index contributed by atoms with van der Waals surface area (Å²) >= 11 is 0. The van der Waals surface area contributed by atoms with Gasteiger partial charge in [-0.05, 0) is 51.3 Å². The van der Waals surface area contributed by atoms with E-state index in [0.717, 1.165) is 29.8 Å². The van der Waals surface area contributed by atoms with E-state index < -0.39 is 11.9 Å². The molecule has 1 aromatic rings. The Morgan fingerprint density at radius 2 is 1.92 bits per heavy atom. The molecule has 1 atom stereocenters. The highest BCUT2D eigenvalue weighted by Gasteiger charge is 2.39. The minimum absolute atomic E-state index is 0.0640. The van der Waals surface area contributed by atoms with E-state index in [1.807, 2.05) is 6.92 Å². The highest BCUT2D eigenvalue weighted by molar-refractivity contribution is 6.03. The minimum Gasteiger partial charge on any atom is -0.508 e. The Balaban J connectivity index is 2.13. The van der Waals surface area contributed by atoms with Crippen molar-refractivity contribution < 1.29 is 19.4 Å². The molecule has 0 saturated carbocycles. The Bertz CT molecular complexity index is 771. The number of ketones is 1. The number of hydrogen-bond donors (Lipinski definition) is 2. The van der Waals surface area contributed by atoms with Crippen LogP contribution in [0.3, 0.4) is 0 Å². The van der Waals surface area contributed by atoms with Gasteiger partial charge < -0.3 is 15.2 Å². The van der Waals surface area contributed by atoms with E-state index in [9.17, 15) is 14.7 Å². The van der Waals surface area contributed by atoms with Gasteiger partial charge in [0.25, 0.3) is 0 Å². The number of ether oxygens (including phenoxy) is 1. The lowest BCUT2D eigenvalue weighted by molar-refractivity contribution is -0.143. The molecule has 0 saturated heterocycles. The zero-order valence-corrected chi connectivity index (χ0v) is 14.8. The lowest BCUT2D eigenvalue weighted by Crippen LogP contribution is -2.34. The molecule has 132 valence electrons. The van der Waals surface area contributed by atoms with Crippen LogP contribution in [0.4, 0.5) is 0 Å². The smallest absolute Gasteiger partial charge is 0.337 e. The fraction of sp³-hybridized carbons (Fsp3) is 0.400. The summed E-state index contributed by atoms with van der Waals surface area (Å²) in [7, 11) is 0. The van der Waals surface area contributed by atoms with Crippen LogP contribution >= 0.6 is 0 Å². The van der Waals surface area contributed by atoms with Crippen molar-refractivity contribution in [3.8, 4) is 5.75 Å². The molecule has 0 amide bonds. The Kier molecular flexibility index (Phi) is 4.66. The average Bonchev–Trinajstić information content (AvgIpc) is 2.53. The Hall–Kier alpha value is -2.56. The number of carbonyl (C=O) groups excluding carboxylic acids is 2. The van der Waals surface area contributed by atoms with Crippen molar-refractivity contribution in [3.05, 3.63) is 52.4 Å². The second-order valence-corrected chi connectivity index (χ2v) is 6.81. The monoisotopic (exact) mass is 341 g/mol. The Labute approximate surface area is 147 Å². The molecule has 25 heavy (non-hydrogen) atoms. The number of benzene rings is 1. The summed E-state index contributed by atoms with van der Waals surface area (Å²) in [4.78, 5) is 25.4. The van der Waals surface area contributed by atoms with Gasteiger partial charge in [0.15, 0.2) is 5.78 Å². The van der Waals surface area contributed by atoms with Gasteiger partial charge in [0, 0.05) is 29.3 Å². The lowest BCUT2D eigenvalue weighted by atomic mass is 9.75. The topological polar surface area (TPSA) is 75.6 Å². The van der Waals surface area contributed by atoms with Crippen LogP contribution in [0.25, 0.3) is 0 Å². The molecule has 0 unspecified atom stereocenters. The third-order valence-corrected chi connectivity index (χ3v) is 4.56. The fourth-order valence-electron chi connectivity index (χ4n) is 3.53. The molecular formula is C20H23NO4. The molecule has 1 aliphatic carbocycles. The van der Waals surface area contributed by atoms with Crippen LogP contribution < -0.4 is 5.32 Å². The van der Waals surface area contributed by atoms with E-state index in [4.69, 9.17) is 4.74 Å². The molecular weight excluding hydrogens is 318 g/mol. The van der Waals surface area contributed by atoms with Gasteiger partial charge in [-0.2, -0.15) is 0 Å². The molecule has 0 radical (unpaired) electrons. The molecule has 1 aromatic carbocycles. The highest BCUT2D eigenvalue weighted by Crippen LogP contribution is 2.42. The van der Waals surface area contributed by atoms with Crippen LogP contribution in [0.5, 0.6) is 5.75 Å². The van der Waals surface area contributed by atoms with E-state index in [1.54, 1.807) is 38.1 Å². The van der Waals surface area contributed by atoms with Gasteiger partial charge in [-0.25, -0.2) is 4.79 Å². The second-order valence-electron chi connectivity index (χ2n) is 6.81. The first-order chi connectivity index (χ1) is 11.9. The van der Waals surface area contributed by atoms with Crippen molar-refractivity contribution in [1.82, 2.24) is 5.32 Å². The number of carbonyl (C=O) groups is 2. The van der Waals surface area contributed by atoms with Crippen molar-refractivity contribution in [2.45, 2.75) is 52.1 Å². The first-order valence-electron chi connectivity index (χ1n) is 8.62. The molecule has 5 heteroatoms. The van der Waals surface area contributed by atoms with Crippen molar-refractivity contribution in [2.24, 2.45) is 0 Å². The van der Waals surface area contributed by atoms with Gasteiger partial charge in [0.2, 0.25) is 0 Å². The van der Waals surface area contributed by atoms with Gasteiger partial charge >= 0.3 is 5.97 Å². The molecule has 0 aromatic heterocycles. The predicted octanol–water partition coefficient (Wildman–Crippen LogP) is 3.31. The van der Waals surface area contributed by atoms with Crippen LogP contribution in [-0.2, 0) is 14.3 Å². The number of phenols is 1. The number of nitrogens with one attached hydrogen (secondary N) is 1. The van der Waals surface area contributed by atoms with Crippen LogP contribution in [-0.4, -0.2) is 23.0 Å². The van der Waals surface area contributed by atoms with Crippen molar-refractivity contribution in [2.75, 3.05) is 0 Å². The van der Waals surface area contributed by atoms with E-state index >= 15 is 0 Å². The first kappa shape index (κ1) is 17.3. The van der Waals surface area contributed by atoms with E-state index in [1.165, 1.54) is 0 Å². The average molecular weight is 341 g/mol. The fourth-order valence-corrected chi connectivity index (χ4v) is 3.53. The number of allylic oxidation sites excluding steroid dienone is 3. The lowest BCUT2D eigenvalue weighted by Gasteiger charge is -2.34. The molecule has 1 heterocycles. The summed E-state index contributed by atoms with van der Waals surface area (Å²) < 4.78 is 5.43. The standard InChI is InChI=1S/C20H23NO4/c1-11(2)25-20(24)17-12(3)21-15-5-4-6-16(23)19(15)18(17)13-7-9-14(22)10-8-13/h7-11,18,21-22H,4-6H2,1-3H3/t18-/m1/s1. The highest BCUT2D eigenvalue weighted by atomic mass is 16.5. The molecule has 3 rings (SSSR count). The molecule has 1 aliphatic heterocycles. The molecule has 0 fully saturated rings. The molecule has 2 aliphatic rings. The van der Waals surface area contributed by atoms with Gasteiger partial charge in [0.1, 0.15) is 5.75 Å². The SMILES string of the molecule is CC1=C(C(=O)OC(C)C)[C@@H](c2ccc(O)cc2)C2=C(CCCC2=O)N1. The van der Waals surface area contributed by atoms with E-state index in [2.05, 4.69) is 5.32 Å². The van der Waals surface area contributed by atoms with Gasteiger partial charge in [0.05, 0.1) is 11.7 Å². The summed E-state index contributed by atoms with van der Waals surface area (Å²) in [5.74, 6) is -0.665. The second kappa shape index (κ2) is 6.75. The van der Waals surface area contributed by atoms with Crippen LogP contribution in [0, 0.1) is 0 Å². The number of esters is 1. The summed E-state index contributed by atoms with van der Waals surface area (Å²) in [6, 6.07) is 6.67. The molecule has 0 bridgehead atoms. The number of dihydropyridines is 1. The van der Waals surface area contributed by atoms with Crippen LogP contribution in [0.1, 0.15) is 51.5 Å². The normalized spacial score (nSPS) is 20.5. The van der Waals surface area contributed by atoms with E-state index in [0.29, 0.717) is 17.6 Å².